The number of carbonyl (C=O) groups excluding carboxylic acids is 1. The molecule has 0 saturated heterocycles. The van der Waals surface area contributed by atoms with Crippen molar-refractivity contribution in [2.24, 2.45) is 0 Å². The number of hydrogen-bond acceptors (Lipinski definition) is 3. The predicted molar refractivity (Wildman–Crippen MR) is 62.6 cm³/mol. The number of aryl methyl sites for hydroxylation is 2. The molecule has 0 unspecified atom stereocenters. The predicted octanol–water partition coefficient (Wildman–Crippen LogP) is 1.60. The topological polar surface area (TPSA) is 60.1 Å². The SMILES string of the molecule is Cc1cc(C(=O)NCCCn2cccc2)no1. The molecule has 0 fully saturated rings. The van der Waals surface area contributed by atoms with Crippen molar-refractivity contribution in [1.82, 2.24) is 15.0 Å². The molecule has 0 spiro atoms. The van der Waals surface area contributed by atoms with E-state index in [-0.39, 0.29) is 5.91 Å². The van der Waals surface area contributed by atoms with Gasteiger partial charge in [0.1, 0.15) is 5.76 Å². The van der Waals surface area contributed by atoms with Crippen molar-refractivity contribution in [3.63, 3.8) is 0 Å². The maximum absolute atomic E-state index is 11.6. The Kier molecular flexibility index (Phi) is 3.59. The maximum Gasteiger partial charge on any atom is 0.273 e. The summed E-state index contributed by atoms with van der Waals surface area (Å²) >= 11 is 0. The molecule has 0 bridgehead atoms. The van der Waals surface area contributed by atoms with Crippen LogP contribution >= 0.6 is 0 Å². The summed E-state index contributed by atoms with van der Waals surface area (Å²) < 4.78 is 6.91. The van der Waals surface area contributed by atoms with Crippen LogP contribution in [0.5, 0.6) is 0 Å². The molecule has 2 aromatic heterocycles. The molecule has 0 atom stereocenters. The van der Waals surface area contributed by atoms with E-state index in [9.17, 15) is 4.79 Å². The summed E-state index contributed by atoms with van der Waals surface area (Å²) in [7, 11) is 0. The van der Waals surface area contributed by atoms with Crippen LogP contribution in [0.25, 0.3) is 0 Å². The third-order valence-corrected chi connectivity index (χ3v) is 2.41. The number of hydrogen-bond donors (Lipinski definition) is 1. The Morgan fingerprint density at radius 1 is 1.47 bits per heavy atom. The van der Waals surface area contributed by atoms with Crippen LogP contribution in [0.4, 0.5) is 0 Å². The lowest BCUT2D eigenvalue weighted by atomic mass is 10.3. The molecule has 1 amide bonds. The van der Waals surface area contributed by atoms with E-state index >= 15 is 0 Å². The van der Waals surface area contributed by atoms with Gasteiger partial charge in [0.25, 0.3) is 5.91 Å². The van der Waals surface area contributed by atoms with Gasteiger partial charge in [-0.2, -0.15) is 0 Å². The largest absolute Gasteiger partial charge is 0.361 e. The van der Waals surface area contributed by atoms with Gasteiger partial charge in [0, 0.05) is 31.5 Å². The highest BCUT2D eigenvalue weighted by Gasteiger charge is 2.09. The summed E-state index contributed by atoms with van der Waals surface area (Å²) in [5, 5.41) is 6.45. The van der Waals surface area contributed by atoms with Crippen LogP contribution in [0.3, 0.4) is 0 Å². The molecule has 90 valence electrons. The Balaban J connectivity index is 1.70. The molecule has 17 heavy (non-hydrogen) atoms. The van der Waals surface area contributed by atoms with E-state index in [4.69, 9.17) is 4.52 Å². The summed E-state index contributed by atoms with van der Waals surface area (Å²) in [6, 6.07) is 5.59. The Hall–Kier alpha value is -2.04. The second-order valence-corrected chi connectivity index (χ2v) is 3.85. The molecule has 0 aliphatic rings. The van der Waals surface area contributed by atoms with Crippen molar-refractivity contribution in [3.05, 3.63) is 42.0 Å². The van der Waals surface area contributed by atoms with Gasteiger partial charge in [-0.15, -0.1) is 0 Å². The van der Waals surface area contributed by atoms with Crippen molar-refractivity contribution in [1.29, 1.82) is 0 Å². The van der Waals surface area contributed by atoms with E-state index in [0.29, 0.717) is 18.0 Å². The minimum absolute atomic E-state index is 0.186. The minimum atomic E-state index is -0.186. The van der Waals surface area contributed by atoms with Crippen molar-refractivity contribution in [3.8, 4) is 0 Å². The number of carbonyl (C=O) groups is 1. The molecular weight excluding hydrogens is 218 g/mol. The van der Waals surface area contributed by atoms with Crippen molar-refractivity contribution >= 4 is 5.91 Å². The third-order valence-electron chi connectivity index (χ3n) is 2.41. The Labute approximate surface area is 99.4 Å². The van der Waals surface area contributed by atoms with Crippen LogP contribution in [0.15, 0.2) is 35.1 Å². The van der Waals surface area contributed by atoms with Gasteiger partial charge >= 0.3 is 0 Å². The monoisotopic (exact) mass is 233 g/mol. The zero-order valence-corrected chi connectivity index (χ0v) is 9.72. The van der Waals surface area contributed by atoms with Crippen molar-refractivity contribution in [2.45, 2.75) is 19.9 Å². The zero-order chi connectivity index (χ0) is 12.1. The standard InChI is InChI=1S/C12H15N3O2/c1-10-9-11(14-17-10)12(16)13-5-4-8-15-6-2-3-7-15/h2-3,6-7,9H,4-5,8H2,1H3,(H,13,16). The van der Waals surface area contributed by atoms with Crippen LogP contribution < -0.4 is 5.32 Å². The Bertz CT molecular complexity index is 474. The second kappa shape index (κ2) is 5.34. The first-order valence-corrected chi connectivity index (χ1v) is 5.58. The van der Waals surface area contributed by atoms with Crippen LogP contribution in [0.1, 0.15) is 22.7 Å². The molecule has 2 heterocycles. The smallest absolute Gasteiger partial charge is 0.273 e. The molecule has 1 N–H and O–H groups in total. The van der Waals surface area contributed by atoms with Gasteiger partial charge in [-0.1, -0.05) is 5.16 Å². The van der Waals surface area contributed by atoms with E-state index in [0.717, 1.165) is 13.0 Å². The number of nitrogens with zero attached hydrogens (tertiary/aromatic N) is 2. The van der Waals surface area contributed by atoms with Gasteiger partial charge < -0.3 is 14.4 Å². The average molecular weight is 233 g/mol. The molecule has 0 aliphatic heterocycles. The number of amides is 1. The van der Waals surface area contributed by atoms with Gasteiger partial charge in [-0.25, -0.2) is 0 Å². The van der Waals surface area contributed by atoms with E-state index < -0.39 is 0 Å². The van der Waals surface area contributed by atoms with Gasteiger partial charge in [0.15, 0.2) is 5.69 Å². The number of rotatable bonds is 5. The molecule has 0 aromatic carbocycles. The summed E-state index contributed by atoms with van der Waals surface area (Å²) in [6.45, 7) is 3.28. The number of aromatic nitrogens is 2. The molecule has 0 aliphatic carbocycles. The zero-order valence-electron chi connectivity index (χ0n) is 9.72. The van der Waals surface area contributed by atoms with Gasteiger partial charge in [0.2, 0.25) is 0 Å². The highest BCUT2D eigenvalue weighted by molar-refractivity contribution is 5.92. The fourth-order valence-corrected chi connectivity index (χ4v) is 1.55. The Morgan fingerprint density at radius 3 is 2.88 bits per heavy atom. The quantitative estimate of drug-likeness (QED) is 0.798. The lowest BCUT2D eigenvalue weighted by Crippen LogP contribution is -2.25. The summed E-state index contributed by atoms with van der Waals surface area (Å²) in [5.41, 5.74) is 0.337. The van der Waals surface area contributed by atoms with Gasteiger partial charge in [0.05, 0.1) is 0 Å². The first kappa shape index (κ1) is 11.4. The molecule has 0 saturated carbocycles. The summed E-state index contributed by atoms with van der Waals surface area (Å²) in [6.07, 6.45) is 4.89. The van der Waals surface area contributed by atoms with Gasteiger partial charge in [-0.05, 0) is 25.5 Å². The lowest BCUT2D eigenvalue weighted by Gasteiger charge is -2.03. The number of nitrogens with one attached hydrogen (secondary N) is 1. The molecule has 5 nitrogen and oxygen atoms in total. The fraction of sp³-hybridized carbons (Fsp3) is 0.333. The van der Waals surface area contributed by atoms with E-state index in [1.165, 1.54) is 0 Å². The van der Waals surface area contributed by atoms with E-state index in [1.807, 2.05) is 24.5 Å². The highest BCUT2D eigenvalue weighted by atomic mass is 16.5. The van der Waals surface area contributed by atoms with E-state index in [1.54, 1.807) is 13.0 Å². The van der Waals surface area contributed by atoms with Crippen LogP contribution in [0, 0.1) is 6.92 Å². The van der Waals surface area contributed by atoms with Crippen LogP contribution in [0.2, 0.25) is 0 Å². The lowest BCUT2D eigenvalue weighted by molar-refractivity contribution is 0.0943. The summed E-state index contributed by atoms with van der Waals surface area (Å²) in [4.78, 5) is 11.6. The Morgan fingerprint density at radius 2 is 2.24 bits per heavy atom. The maximum atomic E-state index is 11.6. The van der Waals surface area contributed by atoms with Crippen molar-refractivity contribution < 1.29 is 9.32 Å². The third kappa shape index (κ3) is 3.21. The molecule has 2 aromatic rings. The first-order valence-electron chi connectivity index (χ1n) is 5.58. The van der Waals surface area contributed by atoms with Gasteiger partial charge in [-0.3, -0.25) is 4.79 Å². The highest BCUT2D eigenvalue weighted by Crippen LogP contribution is 2.01. The van der Waals surface area contributed by atoms with Crippen LogP contribution in [-0.2, 0) is 6.54 Å². The molecule has 2 rings (SSSR count). The molecule has 0 radical (unpaired) electrons. The average Bonchev–Trinajstić information content (AvgIpc) is 2.95. The molecular formula is C12H15N3O2. The van der Waals surface area contributed by atoms with Crippen molar-refractivity contribution in [2.75, 3.05) is 6.54 Å². The fourth-order valence-electron chi connectivity index (χ4n) is 1.55. The van der Waals surface area contributed by atoms with E-state index in [2.05, 4.69) is 15.0 Å². The first-order chi connectivity index (χ1) is 8.25. The minimum Gasteiger partial charge on any atom is -0.361 e. The van der Waals surface area contributed by atoms with Crippen LogP contribution in [-0.4, -0.2) is 22.2 Å². The molecule has 5 heteroatoms. The normalized spacial score (nSPS) is 10.4. The second-order valence-electron chi connectivity index (χ2n) is 3.85. The summed E-state index contributed by atoms with van der Waals surface area (Å²) in [5.74, 6) is 0.455.